The molecule has 0 aliphatic heterocycles. The largest absolute Gasteiger partial charge is 0.493 e. The number of thiazole rings is 1. The van der Waals surface area contributed by atoms with E-state index in [4.69, 9.17) is 9.47 Å². The summed E-state index contributed by atoms with van der Waals surface area (Å²) in [7, 11) is 3.39. The van der Waals surface area contributed by atoms with E-state index in [1.807, 2.05) is 55.5 Å². The third-order valence-electron chi connectivity index (χ3n) is 4.04. The Morgan fingerprint density at radius 3 is 2.63 bits per heavy atom. The van der Waals surface area contributed by atoms with E-state index < -0.39 is 0 Å². The van der Waals surface area contributed by atoms with E-state index in [0.29, 0.717) is 30.3 Å². The van der Waals surface area contributed by atoms with Crippen LogP contribution in [0.5, 0.6) is 11.5 Å². The molecule has 0 saturated carbocycles. The smallest absolute Gasteiger partial charge is 0.273 e. The first-order valence-corrected chi connectivity index (χ1v) is 9.56. The second kappa shape index (κ2) is 8.68. The van der Waals surface area contributed by atoms with Gasteiger partial charge in [0.1, 0.15) is 10.7 Å². The van der Waals surface area contributed by atoms with Crippen LogP contribution in [0.3, 0.4) is 0 Å². The molecule has 1 heterocycles. The molecule has 3 aromatic rings. The van der Waals surface area contributed by atoms with Gasteiger partial charge in [0.2, 0.25) is 0 Å². The third kappa shape index (κ3) is 4.46. The van der Waals surface area contributed by atoms with Crippen molar-refractivity contribution in [1.29, 1.82) is 0 Å². The average Bonchev–Trinajstić information content (AvgIpc) is 3.19. The minimum absolute atomic E-state index is 0.0979. The second-order valence-electron chi connectivity index (χ2n) is 5.98. The summed E-state index contributed by atoms with van der Waals surface area (Å²) < 4.78 is 10.9. The van der Waals surface area contributed by atoms with Crippen molar-refractivity contribution in [2.24, 2.45) is 0 Å². The number of ether oxygens (including phenoxy) is 2. The van der Waals surface area contributed by atoms with Gasteiger partial charge in [-0.15, -0.1) is 11.3 Å². The lowest BCUT2D eigenvalue weighted by atomic mass is 10.2. The van der Waals surface area contributed by atoms with E-state index in [1.165, 1.54) is 11.3 Å². The summed E-state index contributed by atoms with van der Waals surface area (Å²) in [5.41, 5.74) is 2.42. The Morgan fingerprint density at radius 2 is 1.93 bits per heavy atom. The molecule has 5 nitrogen and oxygen atoms in total. The topological polar surface area (TPSA) is 51.7 Å². The summed E-state index contributed by atoms with van der Waals surface area (Å²) in [5.74, 6) is 1.25. The van der Waals surface area contributed by atoms with Crippen molar-refractivity contribution >= 4 is 17.2 Å². The Kier molecular flexibility index (Phi) is 6.08. The number of hydrogen-bond donors (Lipinski definition) is 0. The summed E-state index contributed by atoms with van der Waals surface area (Å²) in [4.78, 5) is 18.9. The maximum absolute atomic E-state index is 12.7. The fraction of sp³-hybridized carbons (Fsp3) is 0.238. The van der Waals surface area contributed by atoms with E-state index in [0.717, 1.165) is 16.1 Å². The van der Waals surface area contributed by atoms with Crippen LogP contribution in [0.15, 0.2) is 53.9 Å². The van der Waals surface area contributed by atoms with E-state index in [1.54, 1.807) is 24.4 Å². The number of hydrogen-bond acceptors (Lipinski definition) is 5. The molecular weight excluding hydrogens is 360 g/mol. The molecule has 1 amide bonds. The number of carbonyl (C=O) groups is 1. The quantitative estimate of drug-likeness (QED) is 0.604. The van der Waals surface area contributed by atoms with E-state index in [2.05, 4.69) is 4.98 Å². The third-order valence-corrected chi connectivity index (χ3v) is 4.93. The van der Waals surface area contributed by atoms with Gasteiger partial charge in [0, 0.05) is 24.5 Å². The monoisotopic (exact) mass is 382 g/mol. The van der Waals surface area contributed by atoms with Gasteiger partial charge in [0.15, 0.2) is 11.5 Å². The minimum Gasteiger partial charge on any atom is -0.493 e. The van der Waals surface area contributed by atoms with Gasteiger partial charge in [-0.05, 0) is 30.7 Å². The van der Waals surface area contributed by atoms with E-state index in [-0.39, 0.29) is 5.91 Å². The lowest BCUT2D eigenvalue weighted by Gasteiger charge is -2.15. The van der Waals surface area contributed by atoms with Gasteiger partial charge in [-0.2, -0.15) is 0 Å². The highest BCUT2D eigenvalue weighted by atomic mass is 32.1. The van der Waals surface area contributed by atoms with Gasteiger partial charge in [0.05, 0.1) is 13.7 Å². The van der Waals surface area contributed by atoms with Crippen LogP contribution < -0.4 is 9.47 Å². The number of aromatic nitrogens is 1. The summed E-state index contributed by atoms with van der Waals surface area (Å²) >= 11 is 1.44. The van der Waals surface area contributed by atoms with Crippen LogP contribution >= 0.6 is 11.3 Å². The zero-order valence-corrected chi connectivity index (χ0v) is 16.5. The minimum atomic E-state index is -0.0979. The molecule has 0 unspecified atom stereocenters. The molecule has 0 fully saturated rings. The van der Waals surface area contributed by atoms with Crippen molar-refractivity contribution in [3.05, 3.63) is 65.2 Å². The van der Waals surface area contributed by atoms with Crippen LogP contribution in [-0.4, -0.2) is 36.6 Å². The molecule has 0 aliphatic rings. The standard InChI is InChI=1S/C21H22N2O3S/c1-4-26-18-11-10-16(12-19(18)25-3)20-22-17(14-27-20)21(24)23(2)13-15-8-6-5-7-9-15/h5-12,14H,4,13H2,1-3H3. The van der Waals surface area contributed by atoms with Crippen molar-refractivity contribution in [3.63, 3.8) is 0 Å². The van der Waals surface area contributed by atoms with Gasteiger partial charge >= 0.3 is 0 Å². The van der Waals surface area contributed by atoms with E-state index >= 15 is 0 Å². The van der Waals surface area contributed by atoms with Gasteiger partial charge < -0.3 is 14.4 Å². The summed E-state index contributed by atoms with van der Waals surface area (Å²) in [6, 6.07) is 15.6. The van der Waals surface area contributed by atoms with Crippen LogP contribution in [0.4, 0.5) is 0 Å². The Bertz CT molecular complexity index is 909. The van der Waals surface area contributed by atoms with Crippen molar-refractivity contribution in [1.82, 2.24) is 9.88 Å². The molecule has 0 bridgehead atoms. The highest BCUT2D eigenvalue weighted by Crippen LogP contribution is 2.34. The highest BCUT2D eigenvalue weighted by molar-refractivity contribution is 7.13. The van der Waals surface area contributed by atoms with Gasteiger partial charge in [0.25, 0.3) is 5.91 Å². The lowest BCUT2D eigenvalue weighted by Crippen LogP contribution is -2.26. The van der Waals surface area contributed by atoms with Gasteiger partial charge in [-0.3, -0.25) is 4.79 Å². The first-order chi connectivity index (χ1) is 13.1. The molecule has 0 spiro atoms. The summed E-state index contributed by atoms with van der Waals surface area (Å²) in [6.07, 6.45) is 0. The number of benzene rings is 2. The Hall–Kier alpha value is -2.86. The van der Waals surface area contributed by atoms with Crippen molar-refractivity contribution < 1.29 is 14.3 Å². The molecule has 27 heavy (non-hydrogen) atoms. The molecule has 2 aromatic carbocycles. The average molecular weight is 382 g/mol. The molecule has 0 atom stereocenters. The number of nitrogens with zero attached hydrogens (tertiary/aromatic N) is 2. The van der Waals surface area contributed by atoms with Crippen LogP contribution in [0.25, 0.3) is 10.6 Å². The van der Waals surface area contributed by atoms with Crippen molar-refractivity contribution in [3.8, 4) is 22.1 Å². The molecule has 0 aliphatic carbocycles. The zero-order valence-electron chi connectivity index (χ0n) is 15.6. The number of amides is 1. The fourth-order valence-corrected chi connectivity index (χ4v) is 3.50. The normalized spacial score (nSPS) is 10.5. The molecule has 140 valence electrons. The molecule has 0 saturated heterocycles. The van der Waals surface area contributed by atoms with Crippen LogP contribution in [0, 0.1) is 0 Å². The predicted octanol–water partition coefficient (Wildman–Crippen LogP) is 4.49. The molecule has 1 aromatic heterocycles. The first-order valence-electron chi connectivity index (χ1n) is 8.68. The maximum Gasteiger partial charge on any atom is 0.273 e. The summed E-state index contributed by atoms with van der Waals surface area (Å²) in [5, 5.41) is 2.56. The maximum atomic E-state index is 12.7. The van der Waals surface area contributed by atoms with Gasteiger partial charge in [-0.1, -0.05) is 30.3 Å². The number of methoxy groups -OCH3 is 1. The molecule has 0 N–H and O–H groups in total. The Balaban J connectivity index is 1.77. The predicted molar refractivity (Wildman–Crippen MR) is 108 cm³/mol. The van der Waals surface area contributed by atoms with Crippen LogP contribution in [0.1, 0.15) is 23.0 Å². The van der Waals surface area contributed by atoms with Crippen LogP contribution in [-0.2, 0) is 6.54 Å². The summed E-state index contributed by atoms with van der Waals surface area (Å²) in [6.45, 7) is 3.04. The van der Waals surface area contributed by atoms with Gasteiger partial charge in [-0.25, -0.2) is 4.98 Å². The highest BCUT2D eigenvalue weighted by Gasteiger charge is 2.17. The number of carbonyl (C=O) groups excluding carboxylic acids is 1. The second-order valence-corrected chi connectivity index (χ2v) is 6.84. The fourth-order valence-electron chi connectivity index (χ4n) is 2.70. The SMILES string of the molecule is CCOc1ccc(-c2nc(C(=O)N(C)Cc3ccccc3)cs2)cc1OC. The Labute approximate surface area is 163 Å². The van der Waals surface area contributed by atoms with E-state index in [9.17, 15) is 4.79 Å². The first kappa shape index (κ1) is 18.9. The molecular formula is C21H22N2O3S. The van der Waals surface area contributed by atoms with Crippen molar-refractivity contribution in [2.45, 2.75) is 13.5 Å². The zero-order chi connectivity index (χ0) is 19.2. The lowest BCUT2D eigenvalue weighted by molar-refractivity contribution is 0.0780. The van der Waals surface area contributed by atoms with Crippen LogP contribution in [0.2, 0.25) is 0 Å². The molecule has 6 heteroatoms. The van der Waals surface area contributed by atoms with Crippen molar-refractivity contribution in [2.75, 3.05) is 20.8 Å². The number of rotatable bonds is 7. The molecule has 3 rings (SSSR count). The molecule has 0 radical (unpaired) electrons. The Morgan fingerprint density at radius 1 is 1.15 bits per heavy atom.